The van der Waals surface area contributed by atoms with Crippen molar-refractivity contribution in [1.29, 1.82) is 0 Å². The molecule has 2 aromatic carbocycles. The molecule has 3 rings (SSSR count). The zero-order valence-corrected chi connectivity index (χ0v) is 14.3. The molecule has 2 N–H and O–H groups in total. The van der Waals surface area contributed by atoms with Gasteiger partial charge >= 0.3 is 10.1 Å². The first kappa shape index (κ1) is 17.0. The monoisotopic (exact) mass is 359 g/mol. The van der Waals surface area contributed by atoms with Crippen LogP contribution in [-0.2, 0) is 29.6 Å². The van der Waals surface area contributed by atoms with Gasteiger partial charge in [0.25, 0.3) is 0 Å². The van der Waals surface area contributed by atoms with E-state index in [4.69, 9.17) is 14.7 Å². The molecule has 1 unspecified atom stereocenters. The highest BCUT2D eigenvalue weighted by atomic mass is 32.2. The molecule has 6 nitrogen and oxygen atoms in total. The van der Waals surface area contributed by atoms with Crippen molar-refractivity contribution in [3.63, 3.8) is 0 Å². The number of hydrogen-bond donors (Lipinski definition) is 1. The van der Waals surface area contributed by atoms with Crippen LogP contribution in [0.15, 0.2) is 66.2 Å². The standard InChI is InChI=1S/C18H17NO5S/c1-12-7-5-6-10-14(12)16-15(20)17(18(19)23-16)24-25(21,22)11-13-8-3-2-4-9-13/h2-10,16H,11,19H2,1H3. The molecule has 0 amide bonds. The van der Waals surface area contributed by atoms with Gasteiger partial charge in [-0.2, -0.15) is 8.42 Å². The lowest BCUT2D eigenvalue weighted by Gasteiger charge is -2.12. The van der Waals surface area contributed by atoms with Crippen molar-refractivity contribution in [2.24, 2.45) is 5.73 Å². The highest BCUT2D eigenvalue weighted by Crippen LogP contribution is 2.34. The van der Waals surface area contributed by atoms with E-state index in [0.717, 1.165) is 5.56 Å². The Morgan fingerprint density at radius 3 is 2.40 bits per heavy atom. The number of hydrogen-bond acceptors (Lipinski definition) is 6. The van der Waals surface area contributed by atoms with E-state index in [1.807, 2.05) is 19.1 Å². The van der Waals surface area contributed by atoms with E-state index >= 15 is 0 Å². The second-order valence-corrected chi connectivity index (χ2v) is 7.25. The van der Waals surface area contributed by atoms with Gasteiger partial charge in [-0.1, -0.05) is 54.6 Å². The summed E-state index contributed by atoms with van der Waals surface area (Å²) < 4.78 is 34.8. The Bertz CT molecular complexity index is 935. The summed E-state index contributed by atoms with van der Waals surface area (Å²) in [6.07, 6.45) is -0.997. The molecule has 7 heteroatoms. The number of aryl methyl sites for hydroxylation is 1. The molecule has 130 valence electrons. The smallest absolute Gasteiger partial charge is 0.313 e. The summed E-state index contributed by atoms with van der Waals surface area (Å²) in [6, 6.07) is 15.7. The summed E-state index contributed by atoms with van der Waals surface area (Å²) in [5.41, 5.74) is 7.69. The van der Waals surface area contributed by atoms with Crippen LogP contribution in [0.25, 0.3) is 0 Å². The Balaban J connectivity index is 1.80. The van der Waals surface area contributed by atoms with Crippen LogP contribution < -0.4 is 5.73 Å². The number of ether oxygens (including phenoxy) is 1. The van der Waals surface area contributed by atoms with Crippen molar-refractivity contribution in [2.75, 3.05) is 0 Å². The van der Waals surface area contributed by atoms with E-state index in [0.29, 0.717) is 11.1 Å². The van der Waals surface area contributed by atoms with Crippen LogP contribution >= 0.6 is 0 Å². The Morgan fingerprint density at radius 2 is 1.72 bits per heavy atom. The van der Waals surface area contributed by atoms with Gasteiger partial charge in [0.2, 0.25) is 17.4 Å². The van der Waals surface area contributed by atoms with Gasteiger partial charge in [-0.3, -0.25) is 4.79 Å². The van der Waals surface area contributed by atoms with Crippen molar-refractivity contribution in [2.45, 2.75) is 18.8 Å². The highest BCUT2D eigenvalue weighted by molar-refractivity contribution is 7.86. The highest BCUT2D eigenvalue weighted by Gasteiger charge is 2.40. The first-order valence-corrected chi connectivity index (χ1v) is 9.17. The second kappa shape index (κ2) is 6.60. The molecular weight excluding hydrogens is 342 g/mol. The molecule has 1 atom stereocenters. The minimum Gasteiger partial charge on any atom is -0.460 e. The Labute approximate surface area is 146 Å². The molecule has 0 saturated heterocycles. The van der Waals surface area contributed by atoms with Crippen LogP contribution in [0.3, 0.4) is 0 Å². The molecule has 0 spiro atoms. The number of benzene rings is 2. The molecular formula is C18H17NO5S. The quantitative estimate of drug-likeness (QED) is 0.823. The molecule has 0 bridgehead atoms. The number of ketones is 1. The molecule has 0 aromatic heterocycles. The molecule has 2 aromatic rings. The zero-order valence-electron chi connectivity index (χ0n) is 13.5. The Morgan fingerprint density at radius 1 is 1.08 bits per heavy atom. The van der Waals surface area contributed by atoms with Crippen molar-refractivity contribution in [1.82, 2.24) is 0 Å². The van der Waals surface area contributed by atoms with Crippen molar-refractivity contribution in [3.8, 4) is 0 Å². The van der Waals surface area contributed by atoms with Gasteiger partial charge < -0.3 is 14.7 Å². The van der Waals surface area contributed by atoms with Crippen molar-refractivity contribution in [3.05, 3.63) is 82.9 Å². The number of rotatable bonds is 5. The second-order valence-electron chi connectivity index (χ2n) is 5.68. The number of carbonyl (C=O) groups is 1. The molecule has 1 aliphatic heterocycles. The fraction of sp³-hybridized carbons (Fsp3) is 0.167. The van der Waals surface area contributed by atoms with E-state index in [1.165, 1.54) is 0 Å². The SMILES string of the molecule is Cc1ccccc1C1OC(N)=C(OS(=O)(=O)Cc2ccccc2)C1=O. The molecule has 1 aliphatic rings. The number of carbonyl (C=O) groups excluding carboxylic acids is 1. The maximum atomic E-state index is 12.5. The average Bonchev–Trinajstić information content (AvgIpc) is 2.83. The molecule has 0 aliphatic carbocycles. The third-order valence-corrected chi connectivity index (χ3v) is 4.91. The summed E-state index contributed by atoms with van der Waals surface area (Å²) in [4.78, 5) is 12.5. The fourth-order valence-electron chi connectivity index (χ4n) is 2.58. The van der Waals surface area contributed by atoms with Crippen LogP contribution in [0.5, 0.6) is 0 Å². The lowest BCUT2D eigenvalue weighted by Crippen LogP contribution is -2.16. The van der Waals surface area contributed by atoms with Gasteiger partial charge in [-0.15, -0.1) is 0 Å². The maximum absolute atomic E-state index is 12.5. The third-order valence-electron chi connectivity index (χ3n) is 3.80. The number of Topliss-reactive ketones (excluding diaryl/α,β-unsaturated/α-hetero) is 1. The lowest BCUT2D eigenvalue weighted by molar-refractivity contribution is -0.123. The van der Waals surface area contributed by atoms with E-state index in [9.17, 15) is 13.2 Å². The van der Waals surface area contributed by atoms with Gasteiger partial charge in [0, 0.05) is 5.56 Å². The third kappa shape index (κ3) is 3.66. The van der Waals surface area contributed by atoms with Crippen LogP contribution in [-0.4, -0.2) is 14.2 Å². The maximum Gasteiger partial charge on any atom is 0.313 e. The van der Waals surface area contributed by atoms with Gasteiger partial charge in [0.05, 0.1) is 0 Å². The van der Waals surface area contributed by atoms with Gasteiger partial charge in [-0.05, 0) is 18.1 Å². The summed E-state index contributed by atoms with van der Waals surface area (Å²) in [7, 11) is -4.04. The predicted molar refractivity (Wildman–Crippen MR) is 91.4 cm³/mol. The van der Waals surface area contributed by atoms with E-state index in [-0.39, 0.29) is 11.6 Å². The normalized spacial score (nSPS) is 17.5. The van der Waals surface area contributed by atoms with Gasteiger partial charge in [0.15, 0.2) is 6.10 Å². The van der Waals surface area contributed by atoms with E-state index < -0.39 is 27.8 Å². The van der Waals surface area contributed by atoms with Crippen LogP contribution in [0, 0.1) is 6.92 Å². The van der Waals surface area contributed by atoms with E-state index in [2.05, 4.69) is 0 Å². The topological polar surface area (TPSA) is 95.7 Å². The van der Waals surface area contributed by atoms with E-state index in [1.54, 1.807) is 42.5 Å². The molecule has 1 heterocycles. The lowest BCUT2D eigenvalue weighted by atomic mass is 10.0. The summed E-state index contributed by atoms with van der Waals surface area (Å²) in [5.74, 6) is -1.77. The fourth-order valence-corrected chi connectivity index (χ4v) is 3.65. The van der Waals surface area contributed by atoms with Crippen molar-refractivity contribution < 1.29 is 22.1 Å². The summed E-state index contributed by atoms with van der Waals surface area (Å²) >= 11 is 0. The summed E-state index contributed by atoms with van der Waals surface area (Å²) in [5, 5.41) is 0. The first-order chi connectivity index (χ1) is 11.9. The number of nitrogens with two attached hydrogens (primary N) is 1. The molecule has 0 saturated carbocycles. The molecule has 0 fully saturated rings. The Hall–Kier alpha value is -2.80. The van der Waals surface area contributed by atoms with Crippen LogP contribution in [0.2, 0.25) is 0 Å². The van der Waals surface area contributed by atoms with Crippen LogP contribution in [0.4, 0.5) is 0 Å². The van der Waals surface area contributed by atoms with Gasteiger partial charge in [-0.25, -0.2) is 0 Å². The minimum atomic E-state index is -4.04. The molecule has 25 heavy (non-hydrogen) atoms. The largest absolute Gasteiger partial charge is 0.460 e. The Kier molecular flexibility index (Phi) is 4.50. The van der Waals surface area contributed by atoms with Crippen molar-refractivity contribution >= 4 is 15.9 Å². The average molecular weight is 359 g/mol. The van der Waals surface area contributed by atoms with Crippen LogP contribution in [0.1, 0.15) is 22.8 Å². The first-order valence-electron chi connectivity index (χ1n) is 7.59. The van der Waals surface area contributed by atoms with Gasteiger partial charge in [0.1, 0.15) is 5.75 Å². The zero-order chi connectivity index (χ0) is 18.0. The minimum absolute atomic E-state index is 0.324. The summed E-state index contributed by atoms with van der Waals surface area (Å²) in [6.45, 7) is 1.83. The predicted octanol–water partition coefficient (Wildman–Crippen LogP) is 2.31. The molecule has 0 radical (unpaired) electrons.